The zero-order valence-corrected chi connectivity index (χ0v) is 17.8. The summed E-state index contributed by atoms with van der Waals surface area (Å²) in [7, 11) is -3.89. The van der Waals surface area contributed by atoms with E-state index in [-0.39, 0.29) is 33.5 Å². The molecule has 0 spiro atoms. The number of halogens is 3. The standard InChI is InChI=1S/C19H15F3N8O2S/c1-2-33(31,32)17-14(15-25-13-9-11(19(20,21)22)4-8-29(13)27-15)16-24-7-3-12(30(16)28-17)26-18(10-23)5-6-18/h3-4,7-9,26H,2,5-6H2,1H3. The second kappa shape index (κ2) is 6.88. The molecule has 4 aromatic heterocycles. The SMILES string of the molecule is CCS(=O)(=O)c1nn2c(NC3(C#N)CC3)ccnc2c1-c1nc2cc(C(F)(F)F)ccn2n1. The highest BCUT2D eigenvalue weighted by atomic mass is 32.2. The zero-order valence-electron chi connectivity index (χ0n) is 17.0. The molecule has 0 saturated heterocycles. The van der Waals surface area contributed by atoms with Crippen LogP contribution in [0.3, 0.4) is 0 Å². The van der Waals surface area contributed by atoms with Crippen LogP contribution in [0, 0.1) is 11.3 Å². The van der Waals surface area contributed by atoms with Crippen molar-refractivity contribution in [2.45, 2.75) is 36.5 Å². The number of pyridine rings is 1. The minimum atomic E-state index is -4.57. The molecule has 0 bridgehead atoms. The summed E-state index contributed by atoms with van der Waals surface area (Å²) in [6, 6.07) is 5.41. The van der Waals surface area contributed by atoms with Crippen molar-refractivity contribution < 1.29 is 21.6 Å². The van der Waals surface area contributed by atoms with Gasteiger partial charge in [-0.2, -0.15) is 28.0 Å². The van der Waals surface area contributed by atoms with Gasteiger partial charge in [0.1, 0.15) is 16.9 Å². The van der Waals surface area contributed by atoms with E-state index in [4.69, 9.17) is 0 Å². The Bertz CT molecular complexity index is 1560. The van der Waals surface area contributed by atoms with Gasteiger partial charge in [-0.1, -0.05) is 6.92 Å². The summed E-state index contributed by atoms with van der Waals surface area (Å²) in [5.41, 5.74) is -1.73. The second-order valence-corrected chi connectivity index (χ2v) is 9.81. The lowest BCUT2D eigenvalue weighted by atomic mass is 10.2. The number of nitrogens with zero attached hydrogens (tertiary/aromatic N) is 7. The number of sulfone groups is 1. The first-order valence-electron chi connectivity index (χ1n) is 9.81. The second-order valence-electron chi connectivity index (χ2n) is 7.62. The molecular formula is C19H15F3N8O2S. The lowest BCUT2D eigenvalue weighted by Gasteiger charge is -2.11. The van der Waals surface area contributed by atoms with Crippen molar-refractivity contribution in [3.8, 4) is 17.5 Å². The highest BCUT2D eigenvalue weighted by molar-refractivity contribution is 7.91. The van der Waals surface area contributed by atoms with E-state index in [1.807, 2.05) is 0 Å². The van der Waals surface area contributed by atoms with E-state index < -0.39 is 27.1 Å². The molecule has 1 fully saturated rings. The van der Waals surface area contributed by atoms with Gasteiger partial charge in [-0.3, -0.25) is 0 Å². The topological polar surface area (TPSA) is 130 Å². The number of hydrogen-bond acceptors (Lipinski definition) is 8. The molecule has 1 aliphatic rings. The predicted molar refractivity (Wildman–Crippen MR) is 109 cm³/mol. The lowest BCUT2D eigenvalue weighted by Crippen LogP contribution is -2.20. The fourth-order valence-corrected chi connectivity index (χ4v) is 4.34. The van der Waals surface area contributed by atoms with E-state index in [0.717, 1.165) is 22.8 Å². The molecule has 4 aromatic rings. The fraction of sp³-hybridized carbons (Fsp3) is 0.316. The number of anilines is 1. The van der Waals surface area contributed by atoms with Crippen LogP contribution in [-0.4, -0.2) is 48.9 Å². The van der Waals surface area contributed by atoms with Crippen molar-refractivity contribution in [3.05, 3.63) is 36.2 Å². The zero-order chi connectivity index (χ0) is 23.6. The Morgan fingerprint density at radius 1 is 1.27 bits per heavy atom. The van der Waals surface area contributed by atoms with E-state index in [2.05, 4.69) is 31.6 Å². The number of hydrogen-bond donors (Lipinski definition) is 1. The smallest absolute Gasteiger partial charge is 0.352 e. The number of aromatic nitrogens is 6. The van der Waals surface area contributed by atoms with Crippen molar-refractivity contribution in [2.24, 2.45) is 0 Å². The van der Waals surface area contributed by atoms with Crippen LogP contribution in [0.2, 0.25) is 0 Å². The summed E-state index contributed by atoms with van der Waals surface area (Å²) in [5.74, 6) is -0.0659. The molecule has 0 radical (unpaired) electrons. The van der Waals surface area contributed by atoms with Gasteiger partial charge >= 0.3 is 6.18 Å². The average molecular weight is 476 g/mol. The summed E-state index contributed by atoms with van der Waals surface area (Å²) < 4.78 is 67.3. The normalized spacial score (nSPS) is 15.6. The molecule has 0 aromatic carbocycles. The van der Waals surface area contributed by atoms with E-state index >= 15 is 0 Å². The fourth-order valence-electron chi connectivity index (χ4n) is 3.37. The molecule has 1 N–H and O–H groups in total. The van der Waals surface area contributed by atoms with Gasteiger partial charge in [0.2, 0.25) is 0 Å². The maximum Gasteiger partial charge on any atom is 0.416 e. The molecule has 4 heterocycles. The average Bonchev–Trinajstić information content (AvgIpc) is 3.24. The molecule has 33 heavy (non-hydrogen) atoms. The van der Waals surface area contributed by atoms with Gasteiger partial charge in [-0.15, -0.1) is 5.10 Å². The van der Waals surface area contributed by atoms with Crippen molar-refractivity contribution in [1.29, 1.82) is 5.26 Å². The molecule has 14 heteroatoms. The number of nitrogens with one attached hydrogen (secondary N) is 1. The third-order valence-corrected chi connectivity index (χ3v) is 7.02. The Labute approximate surface area is 184 Å². The molecule has 1 aliphatic carbocycles. The van der Waals surface area contributed by atoms with Crippen LogP contribution in [-0.2, 0) is 16.0 Å². The van der Waals surface area contributed by atoms with Gasteiger partial charge in [0.05, 0.1) is 17.4 Å². The van der Waals surface area contributed by atoms with Gasteiger partial charge in [-0.25, -0.2) is 22.9 Å². The first kappa shape index (κ1) is 21.1. The highest BCUT2D eigenvalue weighted by Crippen LogP contribution is 2.39. The lowest BCUT2D eigenvalue weighted by molar-refractivity contribution is -0.137. The summed E-state index contributed by atoms with van der Waals surface area (Å²) in [4.78, 5) is 8.38. The Balaban J connectivity index is 1.75. The predicted octanol–water partition coefficient (Wildman–Crippen LogP) is 2.72. The van der Waals surface area contributed by atoms with E-state index in [1.54, 1.807) is 6.07 Å². The van der Waals surface area contributed by atoms with Crippen LogP contribution < -0.4 is 5.32 Å². The van der Waals surface area contributed by atoms with Crippen LogP contribution in [0.1, 0.15) is 25.3 Å². The van der Waals surface area contributed by atoms with Crippen LogP contribution in [0.4, 0.5) is 19.0 Å². The van der Waals surface area contributed by atoms with E-state index in [0.29, 0.717) is 18.7 Å². The summed E-state index contributed by atoms with van der Waals surface area (Å²) in [5, 5.41) is 20.5. The van der Waals surface area contributed by atoms with Crippen molar-refractivity contribution in [2.75, 3.05) is 11.1 Å². The van der Waals surface area contributed by atoms with Crippen LogP contribution >= 0.6 is 0 Å². The Hall–Kier alpha value is -3.73. The van der Waals surface area contributed by atoms with E-state index in [9.17, 15) is 26.9 Å². The minimum absolute atomic E-state index is 0.0282. The summed E-state index contributed by atoms with van der Waals surface area (Å²) >= 11 is 0. The summed E-state index contributed by atoms with van der Waals surface area (Å²) in [6.07, 6.45) is -0.820. The highest BCUT2D eigenvalue weighted by Gasteiger charge is 2.44. The Morgan fingerprint density at radius 2 is 2.03 bits per heavy atom. The molecule has 1 saturated carbocycles. The largest absolute Gasteiger partial charge is 0.416 e. The van der Waals surface area contributed by atoms with Crippen molar-refractivity contribution >= 4 is 26.9 Å². The molecule has 10 nitrogen and oxygen atoms in total. The number of fused-ring (bicyclic) bond motifs is 2. The maximum absolute atomic E-state index is 13.1. The third kappa shape index (κ3) is 3.44. The molecule has 0 atom stereocenters. The van der Waals surface area contributed by atoms with Gasteiger partial charge < -0.3 is 5.32 Å². The van der Waals surface area contributed by atoms with Gasteiger partial charge in [-0.05, 0) is 31.0 Å². The molecular weight excluding hydrogens is 461 g/mol. The monoisotopic (exact) mass is 476 g/mol. The molecule has 5 rings (SSSR count). The molecule has 170 valence electrons. The Morgan fingerprint density at radius 3 is 2.67 bits per heavy atom. The van der Waals surface area contributed by atoms with Crippen LogP contribution in [0.15, 0.2) is 35.6 Å². The van der Waals surface area contributed by atoms with Crippen LogP contribution in [0.25, 0.3) is 22.7 Å². The first-order chi connectivity index (χ1) is 15.6. The third-order valence-electron chi connectivity index (χ3n) is 5.38. The number of nitriles is 1. The quantitative estimate of drug-likeness (QED) is 0.465. The maximum atomic E-state index is 13.1. The van der Waals surface area contributed by atoms with Crippen LogP contribution in [0.5, 0.6) is 0 Å². The Kier molecular flexibility index (Phi) is 4.41. The number of rotatable bonds is 5. The number of alkyl halides is 3. The molecule has 0 unspecified atom stereocenters. The molecule has 0 amide bonds. The van der Waals surface area contributed by atoms with E-state index in [1.165, 1.54) is 17.6 Å². The first-order valence-corrected chi connectivity index (χ1v) is 11.5. The van der Waals surface area contributed by atoms with Crippen molar-refractivity contribution in [1.82, 2.24) is 29.2 Å². The van der Waals surface area contributed by atoms with Crippen molar-refractivity contribution in [3.63, 3.8) is 0 Å². The molecule has 0 aliphatic heterocycles. The van der Waals surface area contributed by atoms with Gasteiger partial charge in [0.15, 0.2) is 32.0 Å². The summed E-state index contributed by atoms with van der Waals surface area (Å²) in [6.45, 7) is 1.44. The van der Waals surface area contributed by atoms with Gasteiger partial charge in [0, 0.05) is 12.4 Å². The minimum Gasteiger partial charge on any atom is -0.352 e. The van der Waals surface area contributed by atoms with Gasteiger partial charge in [0.25, 0.3) is 0 Å².